The summed E-state index contributed by atoms with van der Waals surface area (Å²) in [7, 11) is 0. The largest absolute Gasteiger partial charge is 0.339 e. The molecule has 2 heterocycles. The van der Waals surface area contributed by atoms with Gasteiger partial charge in [0.2, 0.25) is 5.95 Å². The van der Waals surface area contributed by atoms with Gasteiger partial charge in [0.25, 0.3) is 0 Å². The monoisotopic (exact) mass is 363 g/mol. The van der Waals surface area contributed by atoms with Crippen molar-refractivity contribution in [2.24, 2.45) is 5.92 Å². The smallest absolute Gasteiger partial charge is 0.250 e. The first-order chi connectivity index (χ1) is 10.7. The zero-order chi connectivity index (χ0) is 15.5. The van der Waals surface area contributed by atoms with Crippen molar-refractivity contribution in [2.75, 3.05) is 18.0 Å². The van der Waals surface area contributed by atoms with Gasteiger partial charge in [-0.15, -0.1) is 0 Å². The lowest BCUT2D eigenvalue weighted by Gasteiger charge is -2.31. The van der Waals surface area contributed by atoms with Crippen LogP contribution in [0, 0.1) is 5.92 Å². The zero-order valence-corrected chi connectivity index (χ0v) is 14.0. The maximum absolute atomic E-state index is 12.1. The number of anilines is 1. The van der Waals surface area contributed by atoms with Crippen LogP contribution in [-0.2, 0) is 4.79 Å². The average Bonchev–Trinajstić information content (AvgIpc) is 3.04. The number of carbonyl (C=O) groups excluding carboxylic acids is 1. The molecule has 0 spiro atoms. The molecule has 1 aromatic carbocycles. The molecule has 0 saturated carbocycles. The van der Waals surface area contributed by atoms with Crippen LogP contribution in [-0.4, -0.2) is 43.9 Å². The highest BCUT2D eigenvalue weighted by molar-refractivity contribution is 9.10. The standard InChI is InChI=1S/C15H18BrN5O/c1-11(16)14(22)12-7-9-20(10-8-12)15-17-18-19-21(15)13-5-3-2-4-6-13/h2-6,11-12H,7-10H2,1H3. The van der Waals surface area contributed by atoms with E-state index in [9.17, 15) is 4.79 Å². The fourth-order valence-corrected chi connectivity index (χ4v) is 3.18. The van der Waals surface area contributed by atoms with Crippen LogP contribution in [0.3, 0.4) is 0 Å². The Balaban J connectivity index is 1.73. The van der Waals surface area contributed by atoms with Crippen LogP contribution < -0.4 is 4.90 Å². The minimum Gasteiger partial charge on any atom is -0.339 e. The number of benzene rings is 1. The van der Waals surface area contributed by atoms with Gasteiger partial charge in [-0.2, -0.15) is 4.68 Å². The number of tetrazole rings is 1. The first kappa shape index (κ1) is 15.1. The molecule has 1 aliphatic rings. The van der Waals surface area contributed by atoms with Gasteiger partial charge in [-0.3, -0.25) is 4.79 Å². The van der Waals surface area contributed by atoms with Crippen molar-refractivity contribution in [3.05, 3.63) is 30.3 Å². The van der Waals surface area contributed by atoms with Crippen molar-refractivity contribution in [2.45, 2.75) is 24.6 Å². The van der Waals surface area contributed by atoms with Gasteiger partial charge >= 0.3 is 0 Å². The van der Waals surface area contributed by atoms with Crippen molar-refractivity contribution in [1.82, 2.24) is 20.2 Å². The summed E-state index contributed by atoms with van der Waals surface area (Å²) in [5.41, 5.74) is 0.940. The Hall–Kier alpha value is -1.76. The third kappa shape index (κ3) is 3.04. The summed E-state index contributed by atoms with van der Waals surface area (Å²) in [6.45, 7) is 3.48. The maximum atomic E-state index is 12.1. The Morgan fingerprint density at radius 2 is 1.95 bits per heavy atom. The number of hydrogen-bond donors (Lipinski definition) is 0. The first-order valence-corrected chi connectivity index (χ1v) is 8.35. The predicted octanol–water partition coefficient (Wildman–Crippen LogP) is 2.23. The number of ketones is 1. The number of rotatable bonds is 4. The van der Waals surface area contributed by atoms with E-state index in [-0.39, 0.29) is 10.7 Å². The third-order valence-electron chi connectivity index (χ3n) is 4.03. The van der Waals surface area contributed by atoms with Gasteiger partial charge in [0, 0.05) is 19.0 Å². The van der Waals surface area contributed by atoms with E-state index in [1.54, 1.807) is 4.68 Å². The molecule has 1 aliphatic heterocycles. The molecular weight excluding hydrogens is 346 g/mol. The molecule has 1 saturated heterocycles. The highest BCUT2D eigenvalue weighted by atomic mass is 79.9. The van der Waals surface area contributed by atoms with Gasteiger partial charge in [0.15, 0.2) is 0 Å². The highest BCUT2D eigenvalue weighted by Gasteiger charge is 2.29. The molecule has 1 atom stereocenters. The summed E-state index contributed by atoms with van der Waals surface area (Å²) in [6.07, 6.45) is 1.69. The van der Waals surface area contributed by atoms with E-state index >= 15 is 0 Å². The van der Waals surface area contributed by atoms with Crippen LogP contribution in [0.5, 0.6) is 0 Å². The predicted molar refractivity (Wildman–Crippen MR) is 87.5 cm³/mol. The second-order valence-corrected chi connectivity index (χ2v) is 6.88. The van der Waals surface area contributed by atoms with Crippen molar-refractivity contribution in [3.8, 4) is 5.69 Å². The lowest BCUT2D eigenvalue weighted by atomic mass is 9.91. The van der Waals surface area contributed by atoms with Gasteiger partial charge in [-0.05, 0) is 42.3 Å². The molecule has 0 bridgehead atoms. The van der Waals surface area contributed by atoms with Gasteiger partial charge in [0.1, 0.15) is 5.78 Å². The van der Waals surface area contributed by atoms with E-state index in [4.69, 9.17) is 0 Å². The van der Waals surface area contributed by atoms with E-state index in [0.29, 0.717) is 5.78 Å². The molecule has 22 heavy (non-hydrogen) atoms. The summed E-state index contributed by atoms with van der Waals surface area (Å²) in [5.74, 6) is 1.16. The van der Waals surface area contributed by atoms with Gasteiger partial charge in [-0.25, -0.2) is 0 Å². The summed E-state index contributed by atoms with van der Waals surface area (Å²) in [6, 6.07) is 9.84. The number of aromatic nitrogens is 4. The van der Waals surface area contributed by atoms with Crippen LogP contribution in [0.4, 0.5) is 5.95 Å². The Morgan fingerprint density at radius 1 is 1.27 bits per heavy atom. The Bertz CT molecular complexity index is 634. The quantitative estimate of drug-likeness (QED) is 0.779. The first-order valence-electron chi connectivity index (χ1n) is 7.43. The summed E-state index contributed by atoms with van der Waals surface area (Å²) in [4.78, 5) is 14.1. The number of carbonyl (C=O) groups is 1. The number of para-hydroxylation sites is 1. The fraction of sp³-hybridized carbons (Fsp3) is 0.467. The molecule has 0 N–H and O–H groups in total. The summed E-state index contributed by atoms with van der Waals surface area (Å²) in [5, 5.41) is 12.0. The van der Waals surface area contributed by atoms with Crippen LogP contribution in [0.15, 0.2) is 30.3 Å². The summed E-state index contributed by atoms with van der Waals surface area (Å²) < 4.78 is 1.75. The van der Waals surface area contributed by atoms with E-state index in [1.807, 2.05) is 37.3 Å². The zero-order valence-electron chi connectivity index (χ0n) is 12.4. The molecular formula is C15H18BrN5O. The number of piperidine rings is 1. The van der Waals surface area contributed by atoms with Gasteiger partial charge in [0.05, 0.1) is 10.5 Å². The van der Waals surface area contributed by atoms with E-state index in [2.05, 4.69) is 36.4 Å². The average molecular weight is 364 g/mol. The lowest BCUT2D eigenvalue weighted by molar-refractivity contribution is -0.122. The minimum atomic E-state index is -0.0707. The molecule has 3 rings (SSSR count). The molecule has 7 heteroatoms. The second-order valence-electron chi connectivity index (χ2n) is 5.51. The van der Waals surface area contributed by atoms with Crippen molar-refractivity contribution in [3.63, 3.8) is 0 Å². The lowest BCUT2D eigenvalue weighted by Crippen LogP contribution is -2.39. The minimum absolute atomic E-state index is 0.0707. The van der Waals surface area contributed by atoms with Gasteiger partial charge in [-0.1, -0.05) is 39.2 Å². The number of Topliss-reactive ketones (excluding diaryl/α,β-unsaturated/α-hetero) is 1. The topological polar surface area (TPSA) is 63.9 Å². The molecule has 1 unspecified atom stereocenters. The normalized spacial score (nSPS) is 17.5. The number of alkyl halides is 1. The molecule has 0 aliphatic carbocycles. The molecule has 0 amide bonds. The molecule has 1 fully saturated rings. The van der Waals surface area contributed by atoms with Crippen molar-refractivity contribution < 1.29 is 4.79 Å². The second kappa shape index (κ2) is 6.56. The molecule has 116 valence electrons. The van der Waals surface area contributed by atoms with Crippen molar-refractivity contribution >= 4 is 27.7 Å². The van der Waals surface area contributed by atoms with E-state index in [0.717, 1.165) is 37.6 Å². The Labute approximate surface area is 137 Å². The molecule has 2 aromatic rings. The molecule has 1 aromatic heterocycles. The highest BCUT2D eigenvalue weighted by Crippen LogP contribution is 2.25. The molecule has 6 nitrogen and oxygen atoms in total. The molecule has 0 radical (unpaired) electrons. The third-order valence-corrected chi connectivity index (χ3v) is 4.48. The Kier molecular flexibility index (Phi) is 4.52. The summed E-state index contributed by atoms with van der Waals surface area (Å²) >= 11 is 3.37. The number of halogens is 1. The van der Waals surface area contributed by atoms with Crippen LogP contribution >= 0.6 is 15.9 Å². The number of nitrogens with zero attached hydrogens (tertiary/aromatic N) is 5. The fourth-order valence-electron chi connectivity index (χ4n) is 2.80. The Morgan fingerprint density at radius 3 is 2.59 bits per heavy atom. The van der Waals surface area contributed by atoms with E-state index in [1.165, 1.54) is 0 Å². The van der Waals surface area contributed by atoms with Crippen LogP contribution in [0.1, 0.15) is 19.8 Å². The SMILES string of the molecule is CC(Br)C(=O)C1CCN(c2nnnn2-c2ccccc2)CC1. The van der Waals surface area contributed by atoms with Crippen LogP contribution in [0.2, 0.25) is 0 Å². The van der Waals surface area contributed by atoms with Crippen LogP contribution in [0.25, 0.3) is 5.69 Å². The number of hydrogen-bond acceptors (Lipinski definition) is 5. The maximum Gasteiger partial charge on any atom is 0.250 e. The van der Waals surface area contributed by atoms with Gasteiger partial charge < -0.3 is 4.90 Å². The van der Waals surface area contributed by atoms with E-state index < -0.39 is 0 Å². The van der Waals surface area contributed by atoms with Crippen molar-refractivity contribution in [1.29, 1.82) is 0 Å².